The summed E-state index contributed by atoms with van der Waals surface area (Å²) >= 11 is 0. The smallest absolute Gasteiger partial charge is 0.462 e. The van der Waals surface area contributed by atoms with Crippen LogP contribution in [0.2, 0.25) is 0 Å². The van der Waals surface area contributed by atoms with Gasteiger partial charge in [0.1, 0.15) is 19.3 Å². The molecule has 0 amide bonds. The zero-order chi connectivity index (χ0) is 78.8. The molecule has 0 aromatic rings. The van der Waals surface area contributed by atoms with Gasteiger partial charge in [0, 0.05) is 25.7 Å². The lowest BCUT2D eigenvalue weighted by molar-refractivity contribution is -0.161. The van der Waals surface area contributed by atoms with Gasteiger partial charge in [-0.2, -0.15) is 0 Å². The van der Waals surface area contributed by atoms with E-state index in [0.717, 1.165) is 114 Å². The number of aliphatic hydroxyl groups excluding tert-OH is 1. The molecule has 0 aromatic carbocycles. The molecule has 0 heterocycles. The van der Waals surface area contributed by atoms with Crippen LogP contribution in [0.3, 0.4) is 0 Å². The molecule has 17 nitrogen and oxygen atoms in total. The summed E-state index contributed by atoms with van der Waals surface area (Å²) in [6.07, 6.45) is 66.7. The van der Waals surface area contributed by atoms with Crippen LogP contribution in [0.15, 0.2) is 0 Å². The van der Waals surface area contributed by atoms with Gasteiger partial charge in [-0.3, -0.25) is 37.3 Å². The van der Waals surface area contributed by atoms with Crippen molar-refractivity contribution in [3.05, 3.63) is 0 Å². The number of unbranched alkanes of at least 4 members (excludes halogenated alkanes) is 50. The number of hydrogen-bond donors (Lipinski definition) is 3. The van der Waals surface area contributed by atoms with Gasteiger partial charge in [-0.15, -0.1) is 0 Å². The highest BCUT2D eigenvalue weighted by Gasteiger charge is 2.31. The first-order valence-corrected chi connectivity index (χ1v) is 48.2. The molecule has 0 bridgehead atoms. The van der Waals surface area contributed by atoms with Gasteiger partial charge in [-0.1, -0.05) is 409 Å². The fourth-order valence-corrected chi connectivity index (χ4v) is 15.2. The third kappa shape index (κ3) is 80.5. The van der Waals surface area contributed by atoms with Gasteiger partial charge in [-0.25, -0.2) is 9.13 Å². The van der Waals surface area contributed by atoms with Crippen molar-refractivity contribution in [1.29, 1.82) is 0 Å². The van der Waals surface area contributed by atoms with Crippen LogP contribution in [0.25, 0.3) is 0 Å². The highest BCUT2D eigenvalue weighted by molar-refractivity contribution is 7.47. The number of ether oxygens (including phenoxy) is 4. The quantitative estimate of drug-likeness (QED) is 0.0222. The fraction of sp³-hybridized carbons (Fsp3) is 0.955. The van der Waals surface area contributed by atoms with Crippen LogP contribution in [-0.2, 0) is 65.4 Å². The number of aliphatic hydroxyl groups is 1. The largest absolute Gasteiger partial charge is 0.472 e. The number of phosphoric ester groups is 2. The maximum Gasteiger partial charge on any atom is 0.472 e. The topological polar surface area (TPSA) is 237 Å². The summed E-state index contributed by atoms with van der Waals surface area (Å²) in [5, 5.41) is 10.7. The molecule has 0 aliphatic carbocycles. The van der Waals surface area contributed by atoms with Crippen LogP contribution in [-0.4, -0.2) is 96.7 Å². The van der Waals surface area contributed by atoms with E-state index >= 15 is 0 Å². The Bertz CT molecular complexity index is 2080. The number of esters is 4. The Balaban J connectivity index is 5.22. The van der Waals surface area contributed by atoms with Gasteiger partial charge < -0.3 is 33.8 Å². The molecule has 0 radical (unpaired) electrons. The van der Waals surface area contributed by atoms with E-state index < -0.39 is 97.5 Å². The molecular weight excluding hydrogens is 1390 g/mol. The second kappa shape index (κ2) is 76.7. The van der Waals surface area contributed by atoms with E-state index in [9.17, 15) is 43.2 Å². The summed E-state index contributed by atoms with van der Waals surface area (Å²) in [6, 6.07) is 0. The lowest BCUT2D eigenvalue weighted by Gasteiger charge is -2.21. The molecule has 4 unspecified atom stereocenters. The van der Waals surface area contributed by atoms with Crippen molar-refractivity contribution in [1.82, 2.24) is 0 Å². The monoisotopic (exact) mass is 1560 g/mol. The van der Waals surface area contributed by atoms with Crippen molar-refractivity contribution < 1.29 is 80.2 Å². The number of carbonyl (C=O) groups excluding carboxylic acids is 4. The van der Waals surface area contributed by atoms with E-state index in [1.165, 1.54) is 257 Å². The summed E-state index contributed by atoms with van der Waals surface area (Å²) in [6.45, 7) is 14.4. The summed E-state index contributed by atoms with van der Waals surface area (Å²) in [7, 11) is -9.93. The van der Waals surface area contributed by atoms with Gasteiger partial charge >= 0.3 is 39.5 Å². The zero-order valence-electron chi connectivity index (χ0n) is 70.8. The van der Waals surface area contributed by atoms with Crippen molar-refractivity contribution in [3.63, 3.8) is 0 Å². The van der Waals surface area contributed by atoms with Gasteiger partial charge in [0.25, 0.3) is 0 Å². The van der Waals surface area contributed by atoms with Gasteiger partial charge in [0.15, 0.2) is 12.2 Å². The third-order valence-electron chi connectivity index (χ3n) is 20.9. The average Bonchev–Trinajstić information content (AvgIpc) is 0.903. The summed E-state index contributed by atoms with van der Waals surface area (Å²) in [5.41, 5.74) is 0. The van der Waals surface area contributed by atoms with Crippen LogP contribution in [0, 0.1) is 23.7 Å². The second-order valence-electron chi connectivity index (χ2n) is 33.3. The van der Waals surface area contributed by atoms with E-state index in [0.29, 0.717) is 31.6 Å². The highest BCUT2D eigenvalue weighted by atomic mass is 31.2. The molecule has 0 saturated heterocycles. The Morgan fingerprint density at radius 1 is 0.262 bits per heavy atom. The van der Waals surface area contributed by atoms with Crippen LogP contribution in [0.5, 0.6) is 0 Å². The highest BCUT2D eigenvalue weighted by Crippen LogP contribution is 2.45. The minimum absolute atomic E-state index is 0.107. The Morgan fingerprint density at radius 2 is 0.449 bits per heavy atom. The zero-order valence-corrected chi connectivity index (χ0v) is 72.6. The lowest BCUT2D eigenvalue weighted by Crippen LogP contribution is -2.30. The average molecular weight is 1560 g/mol. The molecule has 0 aliphatic rings. The Morgan fingerprint density at radius 3 is 0.664 bits per heavy atom. The molecule has 0 rings (SSSR count). The summed E-state index contributed by atoms with van der Waals surface area (Å²) in [5.74, 6) is 1.07. The minimum Gasteiger partial charge on any atom is -0.462 e. The van der Waals surface area contributed by atoms with E-state index in [-0.39, 0.29) is 25.7 Å². The number of rotatable bonds is 85. The molecular formula is C88H172O17P2. The van der Waals surface area contributed by atoms with E-state index in [2.05, 4.69) is 55.4 Å². The van der Waals surface area contributed by atoms with Crippen molar-refractivity contribution >= 4 is 39.5 Å². The standard InChI is InChI=1S/C88H172O17P2/c1-9-81(8)67-59-51-43-35-29-23-19-20-26-32-38-46-55-63-71-87(92)104-83(74-98-85(90)68-60-52-44-36-30-24-17-13-11-10-12-15-21-27-33-40-48-56-64-78(2)3)76-102-106(94,95)100-72-82(89)73-101-107(96,97)103-77-84(75-99-86(91)69-61-53-47-39-42-50-58-66-80(6)7)105-88(93)70-62-54-45-37-31-25-18-14-16-22-28-34-41-49-57-65-79(4)5/h78-84,89H,9-77H2,1-8H3,(H,94,95)(H,96,97)/t81?,82?,83-,84-/m1/s1. The lowest BCUT2D eigenvalue weighted by atomic mass is 9.99. The maximum atomic E-state index is 13.2. The third-order valence-corrected chi connectivity index (χ3v) is 22.8. The Labute approximate surface area is 658 Å². The molecule has 107 heavy (non-hydrogen) atoms. The van der Waals surface area contributed by atoms with Crippen LogP contribution < -0.4 is 0 Å². The van der Waals surface area contributed by atoms with E-state index in [4.69, 9.17) is 37.0 Å². The molecule has 6 atom stereocenters. The molecule has 0 saturated carbocycles. The molecule has 0 aliphatic heterocycles. The fourth-order valence-electron chi connectivity index (χ4n) is 13.6. The van der Waals surface area contributed by atoms with Crippen molar-refractivity contribution in [2.75, 3.05) is 39.6 Å². The Kier molecular flexibility index (Phi) is 75.3. The number of carbonyl (C=O) groups is 4. The molecule has 0 spiro atoms. The summed E-state index contributed by atoms with van der Waals surface area (Å²) in [4.78, 5) is 73.3. The first-order chi connectivity index (χ1) is 51.6. The van der Waals surface area contributed by atoms with Crippen LogP contribution >= 0.6 is 15.6 Å². The van der Waals surface area contributed by atoms with E-state index in [1.54, 1.807) is 0 Å². The Hall–Kier alpha value is -1.94. The van der Waals surface area contributed by atoms with Crippen LogP contribution in [0.1, 0.15) is 460 Å². The van der Waals surface area contributed by atoms with E-state index in [1.807, 2.05) is 0 Å². The molecule has 0 aromatic heterocycles. The van der Waals surface area contributed by atoms with Gasteiger partial charge in [0.05, 0.1) is 26.4 Å². The molecule has 19 heteroatoms. The summed E-state index contributed by atoms with van der Waals surface area (Å²) < 4.78 is 68.9. The second-order valence-corrected chi connectivity index (χ2v) is 36.2. The molecule has 636 valence electrons. The van der Waals surface area contributed by atoms with Crippen molar-refractivity contribution in [2.24, 2.45) is 23.7 Å². The minimum atomic E-state index is -4.97. The number of phosphoric acid groups is 2. The van der Waals surface area contributed by atoms with Gasteiger partial charge in [-0.05, 0) is 49.4 Å². The SMILES string of the molecule is CCC(C)CCCCCCCCCCCCCCCCC(=O)O[C@H](COC(=O)CCCCCCCCCCCCCCCCCCCCC(C)C)COP(=O)(O)OCC(O)COP(=O)(O)OC[C@@H](COC(=O)CCCCCCCCCC(C)C)OC(=O)CCCCCCCCCCCCCCCCCC(C)C. The molecule has 3 N–H and O–H groups in total. The number of hydrogen-bond acceptors (Lipinski definition) is 15. The van der Waals surface area contributed by atoms with Crippen LogP contribution in [0.4, 0.5) is 0 Å². The normalized spacial score (nSPS) is 14.1. The predicted octanol–water partition coefficient (Wildman–Crippen LogP) is 26.7. The predicted molar refractivity (Wildman–Crippen MR) is 441 cm³/mol. The van der Waals surface area contributed by atoms with Crippen molar-refractivity contribution in [2.45, 2.75) is 478 Å². The maximum absolute atomic E-state index is 13.2. The van der Waals surface area contributed by atoms with Crippen molar-refractivity contribution in [3.8, 4) is 0 Å². The first-order valence-electron chi connectivity index (χ1n) is 45.2. The van der Waals surface area contributed by atoms with Gasteiger partial charge in [0.2, 0.25) is 0 Å². The molecule has 0 fully saturated rings. The first kappa shape index (κ1) is 105.